The van der Waals surface area contributed by atoms with E-state index in [1.54, 1.807) is 6.92 Å². The predicted molar refractivity (Wildman–Crippen MR) is 59.8 cm³/mol. The highest BCUT2D eigenvalue weighted by Crippen LogP contribution is 2.30. The van der Waals surface area contributed by atoms with E-state index < -0.39 is 6.04 Å². The first-order chi connectivity index (χ1) is 7.61. The van der Waals surface area contributed by atoms with Crippen LogP contribution in [-0.2, 0) is 6.61 Å². The van der Waals surface area contributed by atoms with E-state index in [1.165, 1.54) is 6.20 Å². The minimum atomic E-state index is -0.393. The lowest BCUT2D eigenvalue weighted by Crippen LogP contribution is -2.14. The molecule has 1 atom stereocenters. The second-order valence-corrected chi connectivity index (χ2v) is 3.76. The molecule has 0 bridgehead atoms. The molecule has 0 radical (unpaired) electrons. The Morgan fingerprint density at radius 1 is 1.44 bits per heavy atom. The van der Waals surface area contributed by atoms with Gasteiger partial charge in [-0.2, -0.15) is 0 Å². The zero-order valence-electron chi connectivity index (χ0n) is 9.35. The van der Waals surface area contributed by atoms with Gasteiger partial charge < -0.3 is 21.1 Å². The number of aliphatic hydroxyl groups is 2. The van der Waals surface area contributed by atoms with Gasteiger partial charge in [-0.15, -0.1) is 0 Å². The summed E-state index contributed by atoms with van der Waals surface area (Å²) in [5.74, 6) is 0.0389. The van der Waals surface area contributed by atoms with E-state index in [0.29, 0.717) is 29.7 Å². The molecule has 0 fully saturated rings. The standard InChI is InChI=1S/C11H18N2O3/c1-7-11(16)10(8(6-15)5-13-7)9(12)3-2-4-14/h5,9,14-16H,2-4,6,12H2,1H3/t9-/m0/s1. The number of aliphatic hydroxyl groups excluding tert-OH is 2. The second kappa shape index (κ2) is 5.79. The van der Waals surface area contributed by atoms with E-state index in [1.807, 2.05) is 0 Å². The van der Waals surface area contributed by atoms with Crippen molar-refractivity contribution in [3.8, 4) is 5.75 Å². The lowest BCUT2D eigenvalue weighted by atomic mass is 9.97. The van der Waals surface area contributed by atoms with Crippen molar-refractivity contribution < 1.29 is 15.3 Å². The first-order valence-electron chi connectivity index (χ1n) is 5.26. The molecule has 0 saturated heterocycles. The summed E-state index contributed by atoms with van der Waals surface area (Å²) in [6.45, 7) is 1.54. The van der Waals surface area contributed by atoms with Crippen LogP contribution in [0.3, 0.4) is 0 Å². The molecule has 0 spiro atoms. The SMILES string of the molecule is Cc1ncc(CO)c([C@@H](N)CCCO)c1O. The van der Waals surface area contributed by atoms with E-state index in [9.17, 15) is 5.11 Å². The van der Waals surface area contributed by atoms with Crippen molar-refractivity contribution in [1.29, 1.82) is 0 Å². The number of pyridine rings is 1. The van der Waals surface area contributed by atoms with Gasteiger partial charge in [-0.05, 0) is 19.8 Å². The number of hydrogen-bond donors (Lipinski definition) is 4. The molecule has 1 aromatic heterocycles. The van der Waals surface area contributed by atoms with Crippen LogP contribution in [0.15, 0.2) is 6.20 Å². The van der Waals surface area contributed by atoms with Crippen LogP contribution in [0.1, 0.15) is 35.7 Å². The van der Waals surface area contributed by atoms with Crippen LogP contribution in [0, 0.1) is 6.92 Å². The van der Waals surface area contributed by atoms with Gasteiger partial charge in [0.05, 0.1) is 12.3 Å². The Morgan fingerprint density at radius 2 is 2.12 bits per heavy atom. The Hall–Kier alpha value is -1.17. The van der Waals surface area contributed by atoms with Gasteiger partial charge in [0.2, 0.25) is 0 Å². The molecule has 1 rings (SSSR count). The molecule has 0 unspecified atom stereocenters. The molecule has 5 nitrogen and oxygen atoms in total. The Morgan fingerprint density at radius 3 is 2.69 bits per heavy atom. The monoisotopic (exact) mass is 226 g/mol. The molecule has 0 amide bonds. The molecule has 1 heterocycles. The van der Waals surface area contributed by atoms with E-state index >= 15 is 0 Å². The van der Waals surface area contributed by atoms with Gasteiger partial charge in [0, 0.05) is 30.0 Å². The number of nitrogens with zero attached hydrogens (tertiary/aromatic N) is 1. The predicted octanol–water partition coefficient (Wildman–Crippen LogP) is 0.360. The average molecular weight is 226 g/mol. The van der Waals surface area contributed by atoms with E-state index in [-0.39, 0.29) is 19.0 Å². The molecule has 16 heavy (non-hydrogen) atoms. The maximum atomic E-state index is 9.86. The summed E-state index contributed by atoms with van der Waals surface area (Å²) in [6.07, 6.45) is 2.64. The lowest BCUT2D eigenvalue weighted by molar-refractivity contribution is 0.272. The molecule has 0 aliphatic rings. The number of aryl methyl sites for hydroxylation is 1. The Kier molecular flexibility index (Phi) is 4.67. The largest absolute Gasteiger partial charge is 0.506 e. The minimum Gasteiger partial charge on any atom is -0.506 e. The fraction of sp³-hybridized carbons (Fsp3) is 0.545. The zero-order valence-corrected chi connectivity index (χ0v) is 9.35. The molecule has 90 valence electrons. The number of nitrogens with two attached hydrogens (primary N) is 1. The normalized spacial score (nSPS) is 12.8. The molecule has 0 aliphatic heterocycles. The Balaban J connectivity index is 3.03. The van der Waals surface area contributed by atoms with Gasteiger partial charge in [0.15, 0.2) is 0 Å². The third-order valence-electron chi connectivity index (χ3n) is 2.57. The molecule has 0 aliphatic carbocycles. The Bertz CT molecular complexity index is 355. The second-order valence-electron chi connectivity index (χ2n) is 3.76. The van der Waals surface area contributed by atoms with Gasteiger partial charge in [-0.25, -0.2) is 0 Å². The van der Waals surface area contributed by atoms with E-state index in [0.717, 1.165) is 0 Å². The maximum absolute atomic E-state index is 9.86. The summed E-state index contributed by atoms with van der Waals surface area (Å²) in [7, 11) is 0. The topological polar surface area (TPSA) is 99.6 Å². The lowest BCUT2D eigenvalue weighted by Gasteiger charge is -2.17. The van der Waals surface area contributed by atoms with Crippen LogP contribution in [0.5, 0.6) is 5.75 Å². The molecular weight excluding hydrogens is 208 g/mol. The summed E-state index contributed by atoms with van der Waals surface area (Å²) in [5, 5.41) is 27.7. The number of hydrogen-bond acceptors (Lipinski definition) is 5. The highest BCUT2D eigenvalue weighted by Gasteiger charge is 2.17. The third-order valence-corrected chi connectivity index (χ3v) is 2.57. The van der Waals surface area contributed by atoms with E-state index in [2.05, 4.69) is 4.98 Å². The van der Waals surface area contributed by atoms with Crippen molar-refractivity contribution in [2.75, 3.05) is 6.61 Å². The molecule has 0 saturated carbocycles. The van der Waals surface area contributed by atoms with Crippen LogP contribution in [0.2, 0.25) is 0 Å². The summed E-state index contributed by atoms with van der Waals surface area (Å²) in [4.78, 5) is 3.96. The van der Waals surface area contributed by atoms with Gasteiger partial charge in [-0.3, -0.25) is 4.98 Å². The average Bonchev–Trinajstić information content (AvgIpc) is 2.29. The highest BCUT2D eigenvalue weighted by molar-refractivity contribution is 5.42. The van der Waals surface area contributed by atoms with Crippen molar-refractivity contribution >= 4 is 0 Å². The molecular formula is C11H18N2O3. The van der Waals surface area contributed by atoms with Crippen LogP contribution >= 0.6 is 0 Å². The van der Waals surface area contributed by atoms with Crippen molar-refractivity contribution in [2.45, 2.75) is 32.4 Å². The Labute approximate surface area is 94.6 Å². The van der Waals surface area contributed by atoms with Gasteiger partial charge in [0.25, 0.3) is 0 Å². The van der Waals surface area contributed by atoms with Crippen molar-refractivity contribution in [1.82, 2.24) is 4.98 Å². The quantitative estimate of drug-likeness (QED) is 0.581. The van der Waals surface area contributed by atoms with E-state index in [4.69, 9.17) is 15.9 Å². The summed E-state index contributed by atoms with van der Waals surface area (Å²) >= 11 is 0. The van der Waals surface area contributed by atoms with Crippen molar-refractivity contribution in [3.05, 3.63) is 23.0 Å². The van der Waals surface area contributed by atoms with Crippen LogP contribution in [0.4, 0.5) is 0 Å². The van der Waals surface area contributed by atoms with Crippen molar-refractivity contribution in [2.24, 2.45) is 5.73 Å². The van der Waals surface area contributed by atoms with Gasteiger partial charge in [-0.1, -0.05) is 0 Å². The summed E-state index contributed by atoms with van der Waals surface area (Å²) < 4.78 is 0. The highest BCUT2D eigenvalue weighted by atomic mass is 16.3. The fourth-order valence-electron chi connectivity index (χ4n) is 1.65. The first kappa shape index (κ1) is 12.9. The molecule has 1 aromatic rings. The fourth-order valence-corrected chi connectivity index (χ4v) is 1.65. The van der Waals surface area contributed by atoms with Crippen LogP contribution in [-0.4, -0.2) is 26.9 Å². The number of aromatic hydroxyl groups is 1. The first-order valence-corrected chi connectivity index (χ1v) is 5.26. The maximum Gasteiger partial charge on any atom is 0.141 e. The summed E-state index contributed by atoms with van der Waals surface area (Å²) in [5.41, 5.74) is 7.48. The van der Waals surface area contributed by atoms with Crippen LogP contribution in [0.25, 0.3) is 0 Å². The van der Waals surface area contributed by atoms with Crippen LogP contribution < -0.4 is 5.73 Å². The molecule has 0 aromatic carbocycles. The molecule has 5 N–H and O–H groups in total. The smallest absolute Gasteiger partial charge is 0.141 e. The minimum absolute atomic E-state index is 0.0389. The number of aromatic nitrogens is 1. The zero-order chi connectivity index (χ0) is 12.1. The summed E-state index contributed by atoms with van der Waals surface area (Å²) in [6, 6.07) is -0.393. The third kappa shape index (κ3) is 2.69. The van der Waals surface area contributed by atoms with Gasteiger partial charge >= 0.3 is 0 Å². The van der Waals surface area contributed by atoms with Gasteiger partial charge in [0.1, 0.15) is 5.75 Å². The number of rotatable bonds is 5. The molecule has 5 heteroatoms. The van der Waals surface area contributed by atoms with Crippen molar-refractivity contribution in [3.63, 3.8) is 0 Å².